The van der Waals surface area contributed by atoms with Crippen molar-refractivity contribution in [1.29, 1.82) is 0 Å². The Morgan fingerprint density at radius 3 is 2.58 bits per heavy atom. The third-order valence-corrected chi connectivity index (χ3v) is 5.67. The Hall–Kier alpha value is -3.10. The van der Waals surface area contributed by atoms with Gasteiger partial charge in [0.05, 0.1) is 17.3 Å². The summed E-state index contributed by atoms with van der Waals surface area (Å²) in [4.78, 5) is 27.4. The summed E-state index contributed by atoms with van der Waals surface area (Å²) in [7, 11) is 3.50. The molecule has 0 bridgehead atoms. The molecule has 0 atom stereocenters. The number of rotatable bonds is 8. The minimum absolute atomic E-state index is 0. The minimum Gasteiger partial charge on any atom is -0.444 e. The van der Waals surface area contributed by atoms with Crippen molar-refractivity contribution in [3.63, 3.8) is 0 Å². The Morgan fingerprint density at radius 2 is 1.85 bits per heavy atom. The molecule has 9 heteroatoms. The van der Waals surface area contributed by atoms with E-state index in [2.05, 4.69) is 43.3 Å². The van der Waals surface area contributed by atoms with E-state index in [0.29, 0.717) is 17.3 Å². The number of anilines is 2. The van der Waals surface area contributed by atoms with E-state index in [1.54, 1.807) is 43.7 Å². The Kier molecular flexibility index (Phi) is 8.68. The van der Waals surface area contributed by atoms with Crippen LogP contribution in [0.5, 0.6) is 0 Å². The van der Waals surface area contributed by atoms with Crippen LogP contribution in [0.3, 0.4) is 0 Å². The number of pyridine rings is 1. The fraction of sp³-hybridized carbons (Fsp3) is 0.375. The van der Waals surface area contributed by atoms with Crippen LogP contribution in [0.4, 0.5) is 11.5 Å². The van der Waals surface area contributed by atoms with E-state index < -0.39 is 0 Å². The summed E-state index contributed by atoms with van der Waals surface area (Å²) in [6.45, 7) is 5.73. The van der Waals surface area contributed by atoms with Crippen molar-refractivity contribution < 1.29 is 9.21 Å². The molecular weight excluding hydrogens is 440 g/mol. The molecule has 8 nitrogen and oxygen atoms in total. The van der Waals surface area contributed by atoms with Gasteiger partial charge in [-0.25, -0.2) is 9.97 Å². The van der Waals surface area contributed by atoms with E-state index in [4.69, 9.17) is 4.42 Å². The second-order valence-corrected chi connectivity index (χ2v) is 8.06. The van der Waals surface area contributed by atoms with Crippen molar-refractivity contribution in [1.82, 2.24) is 19.8 Å². The number of carbonyl (C=O) groups excluding carboxylic acids is 1. The largest absolute Gasteiger partial charge is 0.444 e. The van der Waals surface area contributed by atoms with Crippen molar-refractivity contribution in [3.05, 3.63) is 60.6 Å². The van der Waals surface area contributed by atoms with Crippen LogP contribution in [0.1, 0.15) is 16.8 Å². The number of hydrogen-bond acceptors (Lipinski definition) is 7. The zero-order valence-corrected chi connectivity index (χ0v) is 19.9. The molecule has 1 aliphatic rings. The molecule has 33 heavy (non-hydrogen) atoms. The number of hydrogen-bond donors (Lipinski definition) is 1. The van der Waals surface area contributed by atoms with Crippen LogP contribution in [0.2, 0.25) is 0 Å². The maximum atomic E-state index is 12.3. The van der Waals surface area contributed by atoms with Crippen LogP contribution >= 0.6 is 12.4 Å². The zero-order valence-electron chi connectivity index (χ0n) is 19.1. The van der Waals surface area contributed by atoms with Gasteiger partial charge in [-0.1, -0.05) is 12.1 Å². The van der Waals surface area contributed by atoms with Crippen molar-refractivity contribution in [2.45, 2.75) is 6.42 Å². The quantitative estimate of drug-likeness (QED) is 0.505. The lowest BCUT2D eigenvalue weighted by atomic mass is 10.1. The van der Waals surface area contributed by atoms with Gasteiger partial charge in [-0.05, 0) is 37.2 Å². The molecule has 1 amide bonds. The molecule has 0 saturated carbocycles. The first-order valence-corrected chi connectivity index (χ1v) is 11.0. The Balaban J connectivity index is 0.00000306. The average Bonchev–Trinajstić information content (AvgIpc) is 3.37. The van der Waals surface area contributed by atoms with E-state index in [1.807, 2.05) is 12.1 Å². The first-order chi connectivity index (χ1) is 15.6. The van der Waals surface area contributed by atoms with E-state index in [9.17, 15) is 4.79 Å². The summed E-state index contributed by atoms with van der Waals surface area (Å²) in [5.74, 6) is 1.27. The van der Waals surface area contributed by atoms with E-state index in [1.165, 1.54) is 5.69 Å². The number of carbonyl (C=O) groups is 1. The van der Waals surface area contributed by atoms with Gasteiger partial charge in [0.1, 0.15) is 12.1 Å². The van der Waals surface area contributed by atoms with Crippen molar-refractivity contribution in [2.24, 2.45) is 0 Å². The summed E-state index contributed by atoms with van der Waals surface area (Å²) < 4.78 is 5.53. The summed E-state index contributed by atoms with van der Waals surface area (Å²) in [5.41, 5.74) is 2.81. The van der Waals surface area contributed by atoms with Gasteiger partial charge in [0, 0.05) is 58.7 Å². The SMILES string of the molecule is CN(C)C(=O)c1cccnc1NCCCN1CCN(c2ccccc2-c2ncco2)CC1.Cl. The zero-order chi connectivity index (χ0) is 22.3. The molecule has 0 unspecified atom stereocenters. The Bertz CT molecular complexity index is 1020. The molecule has 3 heterocycles. The predicted molar refractivity (Wildman–Crippen MR) is 133 cm³/mol. The van der Waals surface area contributed by atoms with Gasteiger partial charge in [0.25, 0.3) is 5.91 Å². The summed E-state index contributed by atoms with van der Waals surface area (Å²) in [6.07, 6.45) is 5.99. The Labute approximate surface area is 201 Å². The van der Waals surface area contributed by atoms with Gasteiger partial charge in [-0.15, -0.1) is 12.4 Å². The van der Waals surface area contributed by atoms with Crippen LogP contribution in [-0.4, -0.2) is 79.0 Å². The maximum absolute atomic E-state index is 12.3. The smallest absolute Gasteiger partial charge is 0.257 e. The molecule has 1 saturated heterocycles. The minimum atomic E-state index is -0.0400. The first kappa shape index (κ1) is 24.5. The lowest BCUT2D eigenvalue weighted by Crippen LogP contribution is -2.47. The fourth-order valence-electron chi connectivity index (χ4n) is 3.97. The number of nitrogens with one attached hydrogen (secondary N) is 1. The number of para-hydroxylation sites is 1. The van der Waals surface area contributed by atoms with Crippen LogP contribution in [0.25, 0.3) is 11.5 Å². The van der Waals surface area contributed by atoms with Crippen molar-refractivity contribution in [2.75, 3.05) is 63.6 Å². The van der Waals surface area contributed by atoms with Gasteiger partial charge in [-0.3, -0.25) is 9.69 Å². The highest BCUT2D eigenvalue weighted by molar-refractivity contribution is 5.98. The maximum Gasteiger partial charge on any atom is 0.257 e. The van der Waals surface area contributed by atoms with Crippen molar-refractivity contribution >= 4 is 29.8 Å². The van der Waals surface area contributed by atoms with Gasteiger partial charge in [0.2, 0.25) is 5.89 Å². The molecule has 1 fully saturated rings. The number of halogens is 1. The highest BCUT2D eigenvalue weighted by atomic mass is 35.5. The number of oxazole rings is 1. The van der Waals surface area contributed by atoms with Crippen LogP contribution in [0, 0.1) is 0 Å². The number of benzene rings is 1. The Morgan fingerprint density at radius 1 is 1.06 bits per heavy atom. The normalized spacial score (nSPS) is 13.9. The first-order valence-electron chi connectivity index (χ1n) is 11.0. The van der Waals surface area contributed by atoms with E-state index >= 15 is 0 Å². The molecule has 2 aromatic heterocycles. The van der Waals surface area contributed by atoms with Gasteiger partial charge in [-0.2, -0.15) is 0 Å². The van der Waals surface area contributed by atoms with Crippen LogP contribution in [0.15, 0.2) is 59.5 Å². The monoisotopic (exact) mass is 470 g/mol. The number of nitrogens with zero attached hydrogens (tertiary/aromatic N) is 5. The highest BCUT2D eigenvalue weighted by Crippen LogP contribution is 2.30. The van der Waals surface area contributed by atoms with E-state index in [-0.39, 0.29) is 18.3 Å². The van der Waals surface area contributed by atoms with Crippen LogP contribution in [-0.2, 0) is 0 Å². The molecule has 0 aliphatic carbocycles. The standard InChI is InChI=1S/C24H30N6O2.ClH/c1-28(2)24(31)20-8-5-10-25-22(20)26-11-6-13-29-14-16-30(17-15-29)21-9-4-3-7-19(21)23-27-12-18-32-23;/h3-5,7-10,12,18H,6,11,13-17H2,1-2H3,(H,25,26);1H. The number of piperazine rings is 1. The number of aromatic nitrogens is 2. The molecule has 1 N–H and O–H groups in total. The third kappa shape index (κ3) is 6.03. The molecule has 0 spiro atoms. The predicted octanol–water partition coefficient (Wildman–Crippen LogP) is 3.48. The molecule has 1 aromatic carbocycles. The summed E-state index contributed by atoms with van der Waals surface area (Å²) in [5, 5.41) is 3.33. The average molecular weight is 471 g/mol. The highest BCUT2D eigenvalue weighted by Gasteiger charge is 2.20. The molecule has 4 rings (SSSR count). The van der Waals surface area contributed by atoms with Crippen molar-refractivity contribution in [3.8, 4) is 11.5 Å². The second kappa shape index (κ2) is 11.7. The fourth-order valence-corrected chi connectivity index (χ4v) is 3.97. The lowest BCUT2D eigenvalue weighted by molar-refractivity contribution is 0.0828. The second-order valence-electron chi connectivity index (χ2n) is 8.06. The van der Waals surface area contributed by atoms with E-state index in [0.717, 1.165) is 51.3 Å². The molecule has 176 valence electrons. The molecule has 1 aliphatic heterocycles. The molecular formula is C24H31ClN6O2. The van der Waals surface area contributed by atoms with Gasteiger partial charge < -0.3 is 19.5 Å². The van der Waals surface area contributed by atoms with Gasteiger partial charge in [0.15, 0.2) is 0 Å². The summed E-state index contributed by atoms with van der Waals surface area (Å²) in [6, 6.07) is 11.9. The topological polar surface area (TPSA) is 77.7 Å². The third-order valence-electron chi connectivity index (χ3n) is 5.67. The summed E-state index contributed by atoms with van der Waals surface area (Å²) >= 11 is 0. The molecule has 3 aromatic rings. The van der Waals surface area contributed by atoms with Gasteiger partial charge >= 0.3 is 0 Å². The van der Waals surface area contributed by atoms with Crippen LogP contribution < -0.4 is 10.2 Å². The lowest BCUT2D eigenvalue weighted by Gasteiger charge is -2.36. The molecule has 0 radical (unpaired) electrons. The number of amides is 1.